The van der Waals surface area contributed by atoms with E-state index in [4.69, 9.17) is 19.9 Å². The van der Waals surface area contributed by atoms with Gasteiger partial charge >= 0.3 is 14.6 Å². The van der Waals surface area contributed by atoms with Crippen molar-refractivity contribution >= 4 is 14.6 Å². The lowest BCUT2D eigenvalue weighted by Gasteiger charge is -2.05. The lowest BCUT2D eigenvalue weighted by Crippen LogP contribution is -1.84. The molecule has 0 aliphatic heterocycles. The Bertz CT molecular complexity index is 173. The van der Waals surface area contributed by atoms with Gasteiger partial charge in [-0.25, -0.2) is 14.4 Å². The van der Waals surface area contributed by atoms with Crippen LogP contribution in [0.3, 0.4) is 0 Å². The molecule has 0 aromatic carbocycles. The van der Waals surface area contributed by atoms with E-state index in [9.17, 15) is 9.13 Å². The van der Waals surface area contributed by atoms with E-state index >= 15 is 0 Å². The summed E-state index contributed by atoms with van der Waals surface area (Å²) in [5, 5.41) is 7.42. The zero-order valence-corrected chi connectivity index (χ0v) is 5.70. The van der Waals surface area contributed by atoms with Crippen molar-refractivity contribution < 1.29 is 33.7 Å². The van der Waals surface area contributed by atoms with Crippen LogP contribution >= 0.6 is 14.6 Å². The highest BCUT2D eigenvalue weighted by atomic mass is 32.1. The van der Waals surface area contributed by atoms with Crippen LogP contribution in [0.5, 0.6) is 0 Å². The van der Waals surface area contributed by atoms with Gasteiger partial charge in [0.25, 0.3) is 0 Å². The SMILES string of the molecule is O=P(O)(O)P(=O)(O)OO. The smallest absolute Gasteiger partial charge is 0.316 e. The first kappa shape index (κ1) is 9.26. The predicted octanol–water partition coefficient (Wildman–Crippen LogP) is -0.246. The minimum absolute atomic E-state index is 2.65. The van der Waals surface area contributed by atoms with Crippen LogP contribution in [0.15, 0.2) is 0 Å². The molecule has 0 aromatic heterocycles. The average molecular weight is 178 g/mol. The summed E-state index contributed by atoms with van der Waals surface area (Å²) in [5.74, 6) is 0. The molecule has 0 spiro atoms. The molecule has 0 aliphatic rings. The van der Waals surface area contributed by atoms with E-state index in [1.54, 1.807) is 0 Å². The second-order valence-electron chi connectivity index (χ2n) is 1.09. The van der Waals surface area contributed by atoms with Crippen LogP contribution in [-0.2, 0) is 13.8 Å². The summed E-state index contributed by atoms with van der Waals surface area (Å²) in [4.78, 5) is 23.7. The highest BCUT2D eigenvalue weighted by molar-refractivity contribution is 8.26. The van der Waals surface area contributed by atoms with E-state index in [1.807, 2.05) is 0 Å². The largest absolute Gasteiger partial charge is 0.464 e. The molecule has 4 N–H and O–H groups in total. The van der Waals surface area contributed by atoms with E-state index < -0.39 is 14.6 Å². The van der Waals surface area contributed by atoms with Crippen LogP contribution in [0, 0.1) is 0 Å². The highest BCUT2D eigenvalue weighted by Crippen LogP contribution is 2.74. The molecule has 9 heavy (non-hydrogen) atoms. The molecule has 0 aliphatic carbocycles. The third-order valence-electron chi connectivity index (χ3n) is 0.436. The highest BCUT2D eigenvalue weighted by Gasteiger charge is 2.42. The fourth-order valence-electron chi connectivity index (χ4n) is 0.0476. The molecule has 0 aromatic rings. The van der Waals surface area contributed by atoms with Gasteiger partial charge in [-0.3, -0.25) is 0 Å². The number of hydrogen-bond donors (Lipinski definition) is 4. The van der Waals surface area contributed by atoms with Crippen LogP contribution in [0.25, 0.3) is 0 Å². The number of rotatable bonds is 2. The van der Waals surface area contributed by atoms with E-state index in [0.29, 0.717) is 0 Å². The summed E-state index contributed by atoms with van der Waals surface area (Å²) in [6.45, 7) is 0. The number of hydrogen-bond acceptors (Lipinski definition) is 4. The van der Waals surface area contributed by atoms with Crippen LogP contribution in [0.1, 0.15) is 0 Å². The van der Waals surface area contributed by atoms with Crippen molar-refractivity contribution in [3.8, 4) is 0 Å². The lowest BCUT2D eigenvalue weighted by atomic mass is 15.0. The maximum Gasteiger partial charge on any atom is 0.464 e. The Labute approximate surface area is 49.4 Å². The molecule has 1 atom stereocenters. The molecular weight excluding hydrogens is 174 g/mol. The van der Waals surface area contributed by atoms with Gasteiger partial charge in [-0.15, -0.1) is 4.67 Å². The molecular formula is H4O7P2. The maximum absolute atomic E-state index is 9.92. The third kappa shape index (κ3) is 2.15. The van der Waals surface area contributed by atoms with E-state index in [2.05, 4.69) is 4.67 Å². The van der Waals surface area contributed by atoms with Gasteiger partial charge < -0.3 is 14.7 Å². The van der Waals surface area contributed by atoms with Crippen LogP contribution in [0.4, 0.5) is 0 Å². The van der Waals surface area contributed by atoms with E-state index in [0.717, 1.165) is 0 Å². The molecule has 0 saturated heterocycles. The quantitative estimate of drug-likeness (QED) is 0.261. The molecule has 0 amide bonds. The molecule has 1 unspecified atom stereocenters. The zero-order chi connectivity index (χ0) is 7.71. The van der Waals surface area contributed by atoms with Crippen molar-refractivity contribution in [1.82, 2.24) is 0 Å². The molecule has 56 valence electrons. The summed E-state index contributed by atoms with van der Waals surface area (Å²) >= 11 is 0. The Balaban J connectivity index is 4.56. The fraction of sp³-hybridized carbons (Fsp3) is 0. The van der Waals surface area contributed by atoms with Crippen molar-refractivity contribution in [3.63, 3.8) is 0 Å². The van der Waals surface area contributed by atoms with Crippen LogP contribution < -0.4 is 0 Å². The maximum atomic E-state index is 9.92. The van der Waals surface area contributed by atoms with E-state index in [1.165, 1.54) is 0 Å². The molecule has 0 radical (unpaired) electrons. The first-order valence-corrected chi connectivity index (χ1v) is 5.43. The standard InChI is InChI=1S/H4O7P2/c1-7-9(5,6)8(2,3)4/h1H,(H,5,6)(H2,2,3,4). The van der Waals surface area contributed by atoms with Crippen molar-refractivity contribution in [2.24, 2.45) is 0 Å². The Morgan fingerprint density at radius 3 is 1.44 bits per heavy atom. The third-order valence-corrected chi connectivity index (χ3v) is 3.50. The second kappa shape index (κ2) is 2.48. The average Bonchev–Trinajstić information content (AvgIpc) is 1.64. The van der Waals surface area contributed by atoms with Crippen LogP contribution in [0.2, 0.25) is 0 Å². The summed E-state index contributed by atoms with van der Waals surface area (Å²) in [6.07, 6.45) is 0. The zero-order valence-electron chi connectivity index (χ0n) is 3.91. The van der Waals surface area contributed by atoms with Crippen molar-refractivity contribution in [1.29, 1.82) is 0 Å². The van der Waals surface area contributed by atoms with Gasteiger partial charge in [0, 0.05) is 0 Å². The molecule has 0 bridgehead atoms. The summed E-state index contributed by atoms with van der Waals surface area (Å²) in [6, 6.07) is 0. The van der Waals surface area contributed by atoms with Crippen LogP contribution in [-0.4, -0.2) is 19.9 Å². The topological polar surface area (TPSA) is 124 Å². The van der Waals surface area contributed by atoms with Crippen molar-refractivity contribution in [2.45, 2.75) is 0 Å². The minimum Gasteiger partial charge on any atom is -0.316 e. The molecule has 7 nitrogen and oxygen atoms in total. The molecule has 0 rings (SSSR count). The van der Waals surface area contributed by atoms with Gasteiger partial charge in [0.2, 0.25) is 0 Å². The minimum atomic E-state index is -5.23. The Morgan fingerprint density at radius 1 is 1.11 bits per heavy atom. The molecule has 0 fully saturated rings. The Hall–Kier alpha value is 0.260. The van der Waals surface area contributed by atoms with Crippen molar-refractivity contribution in [2.75, 3.05) is 0 Å². The Morgan fingerprint density at radius 2 is 1.44 bits per heavy atom. The normalized spacial score (nSPS) is 19.1. The van der Waals surface area contributed by atoms with Gasteiger partial charge in [-0.05, 0) is 0 Å². The molecule has 9 heteroatoms. The Kier molecular flexibility index (Phi) is 2.55. The second-order valence-corrected chi connectivity index (χ2v) is 6.34. The first-order valence-electron chi connectivity index (χ1n) is 1.53. The fourth-order valence-corrected chi connectivity index (χ4v) is 0.428. The summed E-state index contributed by atoms with van der Waals surface area (Å²) < 4.78 is 22.4. The lowest BCUT2D eigenvalue weighted by molar-refractivity contribution is -0.142. The molecule has 0 saturated carbocycles. The van der Waals surface area contributed by atoms with Crippen molar-refractivity contribution in [3.05, 3.63) is 0 Å². The van der Waals surface area contributed by atoms with E-state index in [-0.39, 0.29) is 0 Å². The van der Waals surface area contributed by atoms with Gasteiger partial charge in [0.15, 0.2) is 0 Å². The first-order chi connectivity index (χ1) is 3.81. The van der Waals surface area contributed by atoms with Gasteiger partial charge in [-0.2, -0.15) is 0 Å². The summed E-state index contributed by atoms with van der Waals surface area (Å²) in [7, 11) is -10.4. The monoisotopic (exact) mass is 178 g/mol. The van der Waals surface area contributed by atoms with Gasteiger partial charge in [-0.1, -0.05) is 0 Å². The van der Waals surface area contributed by atoms with Gasteiger partial charge in [0.05, 0.1) is 0 Å². The van der Waals surface area contributed by atoms with Gasteiger partial charge in [0.1, 0.15) is 0 Å². The summed E-state index contributed by atoms with van der Waals surface area (Å²) in [5.41, 5.74) is 0. The molecule has 0 heterocycles. The predicted molar refractivity (Wildman–Crippen MR) is 25.6 cm³/mol.